The van der Waals surface area contributed by atoms with Crippen LogP contribution in [0.15, 0.2) is 0 Å². The van der Waals surface area contributed by atoms with Gasteiger partial charge in [-0.3, -0.25) is 4.79 Å². The Labute approximate surface area is 132 Å². The standard InChI is InChI=1S/C14H26N2O3S2/c1-2-6-16-7-3-12(4-8-16)15-14(17)10-20-13-5-9-21(18,19)11-13/h12-13H,2-11H2,1H3,(H,15,17). The van der Waals surface area contributed by atoms with E-state index in [4.69, 9.17) is 0 Å². The molecule has 1 atom stereocenters. The molecule has 0 radical (unpaired) electrons. The summed E-state index contributed by atoms with van der Waals surface area (Å²) in [7, 11) is -2.84. The van der Waals surface area contributed by atoms with Crippen molar-refractivity contribution in [3.05, 3.63) is 0 Å². The van der Waals surface area contributed by atoms with Gasteiger partial charge < -0.3 is 10.2 Å². The van der Waals surface area contributed by atoms with E-state index in [0.29, 0.717) is 18.2 Å². The lowest BCUT2D eigenvalue weighted by atomic mass is 10.1. The van der Waals surface area contributed by atoms with Crippen LogP contribution in [0.3, 0.4) is 0 Å². The van der Waals surface area contributed by atoms with Crippen molar-refractivity contribution in [2.24, 2.45) is 0 Å². The topological polar surface area (TPSA) is 66.5 Å². The number of nitrogens with zero attached hydrogens (tertiary/aromatic N) is 1. The number of piperidine rings is 1. The lowest BCUT2D eigenvalue weighted by Gasteiger charge is -2.32. The smallest absolute Gasteiger partial charge is 0.230 e. The van der Waals surface area contributed by atoms with Gasteiger partial charge in [0.25, 0.3) is 0 Å². The molecule has 0 saturated carbocycles. The van der Waals surface area contributed by atoms with Crippen molar-refractivity contribution in [2.75, 3.05) is 36.9 Å². The van der Waals surface area contributed by atoms with Crippen LogP contribution in [0, 0.1) is 0 Å². The number of carbonyl (C=O) groups is 1. The Hall–Kier alpha value is -0.270. The van der Waals surface area contributed by atoms with Crippen molar-refractivity contribution in [1.82, 2.24) is 10.2 Å². The number of thioether (sulfide) groups is 1. The zero-order valence-electron chi connectivity index (χ0n) is 12.7. The summed E-state index contributed by atoms with van der Waals surface area (Å²) in [4.78, 5) is 14.4. The van der Waals surface area contributed by atoms with Crippen molar-refractivity contribution in [1.29, 1.82) is 0 Å². The highest BCUT2D eigenvalue weighted by Crippen LogP contribution is 2.24. The summed E-state index contributed by atoms with van der Waals surface area (Å²) < 4.78 is 22.7. The van der Waals surface area contributed by atoms with Crippen molar-refractivity contribution >= 4 is 27.5 Å². The minimum Gasteiger partial charge on any atom is -0.353 e. The first-order valence-corrected chi connectivity index (χ1v) is 10.7. The molecular weight excluding hydrogens is 308 g/mol. The average Bonchev–Trinajstić information content (AvgIpc) is 2.79. The maximum Gasteiger partial charge on any atom is 0.230 e. The predicted molar refractivity (Wildman–Crippen MR) is 87.4 cm³/mol. The molecule has 0 spiro atoms. The van der Waals surface area contributed by atoms with Gasteiger partial charge in [0, 0.05) is 24.4 Å². The molecule has 2 saturated heterocycles. The Balaban J connectivity index is 1.62. The average molecular weight is 335 g/mol. The van der Waals surface area contributed by atoms with E-state index in [0.717, 1.165) is 32.5 Å². The van der Waals surface area contributed by atoms with Crippen molar-refractivity contribution in [3.8, 4) is 0 Å². The van der Waals surface area contributed by atoms with Crippen LogP contribution in [-0.2, 0) is 14.6 Å². The second kappa shape index (κ2) is 7.83. The van der Waals surface area contributed by atoms with Crippen LogP contribution in [-0.4, -0.2) is 67.4 Å². The Morgan fingerprint density at radius 1 is 1.29 bits per heavy atom. The summed E-state index contributed by atoms with van der Waals surface area (Å²) in [5.41, 5.74) is 0. The Bertz CT molecular complexity index is 445. The Morgan fingerprint density at radius 2 is 2.00 bits per heavy atom. The van der Waals surface area contributed by atoms with Gasteiger partial charge in [0.2, 0.25) is 5.91 Å². The van der Waals surface area contributed by atoms with E-state index in [1.165, 1.54) is 18.2 Å². The molecule has 1 amide bonds. The third-order valence-electron chi connectivity index (χ3n) is 4.13. The van der Waals surface area contributed by atoms with Crippen LogP contribution in [0.5, 0.6) is 0 Å². The van der Waals surface area contributed by atoms with E-state index in [1.807, 2.05) is 0 Å². The summed E-state index contributed by atoms with van der Waals surface area (Å²) in [5, 5.41) is 3.19. The number of nitrogens with one attached hydrogen (secondary N) is 1. The van der Waals surface area contributed by atoms with Crippen LogP contribution >= 0.6 is 11.8 Å². The highest BCUT2D eigenvalue weighted by Gasteiger charge is 2.29. The number of carbonyl (C=O) groups excluding carboxylic acids is 1. The largest absolute Gasteiger partial charge is 0.353 e. The quantitative estimate of drug-likeness (QED) is 0.782. The van der Waals surface area contributed by atoms with Crippen LogP contribution in [0.1, 0.15) is 32.6 Å². The molecule has 122 valence electrons. The second-order valence-corrected chi connectivity index (χ2v) is 9.54. The number of hydrogen-bond acceptors (Lipinski definition) is 5. The fourth-order valence-corrected chi connectivity index (χ4v) is 6.43. The van der Waals surface area contributed by atoms with Crippen LogP contribution in [0.25, 0.3) is 0 Å². The summed E-state index contributed by atoms with van der Waals surface area (Å²) in [6, 6.07) is 0.290. The molecular formula is C14H26N2O3S2. The monoisotopic (exact) mass is 334 g/mol. The lowest BCUT2D eigenvalue weighted by molar-refractivity contribution is -0.119. The van der Waals surface area contributed by atoms with E-state index in [-0.39, 0.29) is 22.7 Å². The maximum absolute atomic E-state index is 11.9. The maximum atomic E-state index is 11.9. The molecule has 0 bridgehead atoms. The lowest BCUT2D eigenvalue weighted by Crippen LogP contribution is -2.45. The van der Waals surface area contributed by atoms with Crippen molar-refractivity contribution in [2.45, 2.75) is 43.9 Å². The van der Waals surface area contributed by atoms with Crippen molar-refractivity contribution in [3.63, 3.8) is 0 Å². The van der Waals surface area contributed by atoms with Gasteiger partial charge in [-0.05, 0) is 32.2 Å². The molecule has 0 aromatic heterocycles. The molecule has 2 aliphatic rings. The van der Waals surface area contributed by atoms with Gasteiger partial charge in [-0.2, -0.15) is 0 Å². The molecule has 2 rings (SSSR count). The van der Waals surface area contributed by atoms with E-state index < -0.39 is 9.84 Å². The van der Waals surface area contributed by atoms with Crippen LogP contribution in [0.2, 0.25) is 0 Å². The normalized spacial score (nSPS) is 26.8. The first-order valence-electron chi connectivity index (χ1n) is 7.82. The van der Waals surface area contributed by atoms with Gasteiger partial charge >= 0.3 is 0 Å². The molecule has 0 aliphatic carbocycles. The highest BCUT2D eigenvalue weighted by atomic mass is 32.2. The van der Waals surface area contributed by atoms with Gasteiger partial charge in [0.1, 0.15) is 0 Å². The number of hydrogen-bond donors (Lipinski definition) is 1. The summed E-state index contributed by atoms with van der Waals surface area (Å²) >= 11 is 1.49. The zero-order chi connectivity index (χ0) is 15.3. The second-order valence-electron chi connectivity index (χ2n) is 6.02. The molecule has 2 heterocycles. The summed E-state index contributed by atoms with van der Waals surface area (Å²) in [5.74, 6) is 0.955. The number of likely N-dealkylation sites (tertiary alicyclic amines) is 1. The first kappa shape index (κ1) is 17.1. The van der Waals surface area contributed by atoms with Gasteiger partial charge in [0.15, 0.2) is 9.84 Å². The summed E-state index contributed by atoms with van der Waals surface area (Å²) in [6.45, 7) is 5.46. The third-order valence-corrected chi connectivity index (χ3v) is 7.41. The van der Waals surface area contributed by atoms with Gasteiger partial charge in [-0.15, -0.1) is 11.8 Å². The number of rotatable bonds is 6. The van der Waals surface area contributed by atoms with E-state index in [9.17, 15) is 13.2 Å². The predicted octanol–water partition coefficient (Wildman–Crippen LogP) is 0.897. The van der Waals surface area contributed by atoms with Crippen molar-refractivity contribution < 1.29 is 13.2 Å². The van der Waals surface area contributed by atoms with E-state index in [1.54, 1.807) is 0 Å². The molecule has 0 aromatic carbocycles. The number of sulfone groups is 1. The zero-order valence-corrected chi connectivity index (χ0v) is 14.3. The molecule has 1 N–H and O–H groups in total. The fourth-order valence-electron chi connectivity index (χ4n) is 2.97. The fraction of sp³-hybridized carbons (Fsp3) is 0.929. The van der Waals surface area contributed by atoms with E-state index >= 15 is 0 Å². The van der Waals surface area contributed by atoms with Gasteiger partial charge in [0.05, 0.1) is 17.3 Å². The number of amides is 1. The molecule has 1 unspecified atom stereocenters. The van der Waals surface area contributed by atoms with Gasteiger partial charge in [-0.25, -0.2) is 8.42 Å². The molecule has 7 heteroatoms. The summed E-state index contributed by atoms with van der Waals surface area (Å²) in [6.07, 6.45) is 3.91. The minimum absolute atomic E-state index is 0.0539. The van der Waals surface area contributed by atoms with Crippen LogP contribution < -0.4 is 5.32 Å². The first-order chi connectivity index (χ1) is 9.98. The SMILES string of the molecule is CCCN1CCC(NC(=O)CSC2CCS(=O)(=O)C2)CC1. The highest BCUT2D eigenvalue weighted by molar-refractivity contribution is 8.02. The Kier molecular flexibility index (Phi) is 6.37. The third kappa shape index (κ3) is 5.79. The molecule has 5 nitrogen and oxygen atoms in total. The minimum atomic E-state index is -2.84. The van der Waals surface area contributed by atoms with Gasteiger partial charge in [-0.1, -0.05) is 6.92 Å². The molecule has 0 aromatic rings. The van der Waals surface area contributed by atoms with E-state index in [2.05, 4.69) is 17.1 Å². The molecule has 2 aliphatic heterocycles. The van der Waals surface area contributed by atoms with Crippen LogP contribution in [0.4, 0.5) is 0 Å². The molecule has 21 heavy (non-hydrogen) atoms. The Morgan fingerprint density at radius 3 is 2.57 bits per heavy atom. The molecule has 2 fully saturated rings.